The highest BCUT2D eigenvalue weighted by Gasteiger charge is 2.28. The first kappa shape index (κ1) is 31.3. The van der Waals surface area contributed by atoms with Crippen molar-refractivity contribution in [1.29, 1.82) is 0 Å². The van der Waals surface area contributed by atoms with Gasteiger partial charge in [-0.05, 0) is 141 Å². The largest absolute Gasteiger partial charge is 0.396 e. The molecule has 0 bridgehead atoms. The summed E-state index contributed by atoms with van der Waals surface area (Å²) in [7, 11) is 1.75. The first-order valence-electron chi connectivity index (χ1n) is 16.9. The van der Waals surface area contributed by atoms with Gasteiger partial charge in [-0.2, -0.15) is 0 Å². The van der Waals surface area contributed by atoms with Crippen LogP contribution >= 0.6 is 0 Å². The van der Waals surface area contributed by atoms with Gasteiger partial charge in [-0.3, -0.25) is 0 Å². The number of ether oxygens (including phenoxy) is 1. The molecule has 40 heavy (non-hydrogen) atoms. The lowest BCUT2D eigenvalue weighted by Crippen LogP contribution is -2.21. The second kappa shape index (κ2) is 16.1. The maximum absolute atomic E-state index is 9.67. The fourth-order valence-corrected chi connectivity index (χ4v) is 7.99. The molecule has 2 nitrogen and oxygen atoms in total. The average Bonchev–Trinajstić information content (AvgIpc) is 3.01. The van der Waals surface area contributed by atoms with Gasteiger partial charge in [0.15, 0.2) is 0 Å². The first-order valence-corrected chi connectivity index (χ1v) is 16.9. The Balaban J connectivity index is 1.33. The van der Waals surface area contributed by atoms with Gasteiger partial charge in [-0.1, -0.05) is 70.0 Å². The van der Waals surface area contributed by atoms with Crippen LogP contribution in [0.4, 0.5) is 0 Å². The summed E-state index contributed by atoms with van der Waals surface area (Å²) < 4.78 is 5.31. The van der Waals surface area contributed by atoms with E-state index in [4.69, 9.17) is 4.74 Å². The Morgan fingerprint density at radius 1 is 0.725 bits per heavy atom. The van der Waals surface area contributed by atoms with Crippen molar-refractivity contribution in [3.05, 3.63) is 69.8 Å². The normalized spacial score (nSPS) is 24.2. The number of aliphatic hydroxyl groups is 1. The van der Waals surface area contributed by atoms with Crippen molar-refractivity contribution in [1.82, 2.24) is 0 Å². The van der Waals surface area contributed by atoms with E-state index >= 15 is 0 Å². The molecule has 1 unspecified atom stereocenters. The Bertz CT molecular complexity index is 1010. The lowest BCUT2D eigenvalue weighted by molar-refractivity contribution is 0.0888. The molecule has 0 aromatic heterocycles. The van der Waals surface area contributed by atoms with Crippen LogP contribution in [-0.4, -0.2) is 25.4 Å². The molecule has 2 aromatic carbocycles. The van der Waals surface area contributed by atoms with Crippen LogP contribution in [0.15, 0.2) is 36.4 Å². The van der Waals surface area contributed by atoms with Crippen molar-refractivity contribution in [2.75, 3.05) is 20.3 Å². The quantitative estimate of drug-likeness (QED) is 0.239. The Kier molecular flexibility index (Phi) is 12.6. The second-order valence-electron chi connectivity index (χ2n) is 13.2. The predicted molar refractivity (Wildman–Crippen MR) is 171 cm³/mol. The number of rotatable bonds is 14. The number of aliphatic hydroxyl groups excluding tert-OH is 1. The Hall–Kier alpha value is -1.64. The van der Waals surface area contributed by atoms with Crippen molar-refractivity contribution in [2.45, 2.75) is 135 Å². The lowest BCUT2D eigenvalue weighted by atomic mass is 9.73. The Morgan fingerprint density at radius 3 is 1.93 bits per heavy atom. The summed E-state index contributed by atoms with van der Waals surface area (Å²) in [5, 5.41) is 9.67. The number of methoxy groups -OCH3 is 1. The van der Waals surface area contributed by atoms with Crippen LogP contribution in [0.5, 0.6) is 0 Å². The fourth-order valence-electron chi connectivity index (χ4n) is 7.99. The molecule has 1 atom stereocenters. The predicted octanol–water partition coefficient (Wildman–Crippen LogP) is 9.90. The average molecular weight is 547 g/mol. The van der Waals surface area contributed by atoms with Crippen LogP contribution in [0.2, 0.25) is 0 Å². The second-order valence-corrected chi connectivity index (χ2v) is 13.2. The lowest BCUT2D eigenvalue weighted by Gasteiger charge is -2.33. The number of benzene rings is 2. The van der Waals surface area contributed by atoms with E-state index in [0.29, 0.717) is 18.4 Å². The summed E-state index contributed by atoms with van der Waals surface area (Å²) in [5.41, 5.74) is 9.61. The van der Waals surface area contributed by atoms with Gasteiger partial charge in [0, 0.05) is 19.6 Å². The number of unbranched alkanes of at least 4 members (excludes halogenated alkanes) is 2. The zero-order valence-electron chi connectivity index (χ0n) is 26.2. The molecule has 1 N–H and O–H groups in total. The van der Waals surface area contributed by atoms with Gasteiger partial charge in [0.1, 0.15) is 0 Å². The van der Waals surface area contributed by atoms with Gasteiger partial charge in [0.05, 0.1) is 6.61 Å². The smallest absolute Gasteiger partial charge is 0.0512 e. The minimum atomic E-state index is 0.252. The standard InChI is InChI=1S/C38H58O2/c1-5-8-9-10-32-17-20-36(24-30(32)6-2)34-15-18-35(19-16-34)38-22-21-37(25-31(38)7-3)33-13-11-28(12-14-33)23-29(26-39)27-40-4/h17,20-22,24-25,28-29,33-35,39H,5-16,18-19,23,26-27H2,1-4H3. The topological polar surface area (TPSA) is 29.5 Å². The van der Waals surface area contributed by atoms with Crippen molar-refractivity contribution in [3.8, 4) is 0 Å². The molecule has 2 saturated carbocycles. The molecule has 2 heteroatoms. The Morgan fingerprint density at radius 2 is 1.32 bits per heavy atom. The van der Waals surface area contributed by atoms with E-state index < -0.39 is 0 Å². The summed E-state index contributed by atoms with van der Waals surface area (Å²) in [6, 6.07) is 15.1. The molecule has 222 valence electrons. The summed E-state index contributed by atoms with van der Waals surface area (Å²) in [6.07, 6.45) is 19.1. The van der Waals surface area contributed by atoms with Gasteiger partial charge in [-0.15, -0.1) is 0 Å². The third-order valence-corrected chi connectivity index (χ3v) is 10.5. The SMILES string of the molecule is CCCCCc1ccc(C2CCC(c3ccc(C4CCC(CC(CO)COC)CC4)cc3CC)CC2)cc1CC. The van der Waals surface area contributed by atoms with E-state index in [1.807, 2.05) is 0 Å². The molecule has 4 rings (SSSR count). The number of hydrogen-bond acceptors (Lipinski definition) is 2. The summed E-state index contributed by atoms with van der Waals surface area (Å²) in [5.74, 6) is 3.22. The number of hydrogen-bond donors (Lipinski definition) is 1. The van der Waals surface area contributed by atoms with E-state index in [1.165, 1.54) is 77.0 Å². The van der Waals surface area contributed by atoms with Crippen molar-refractivity contribution in [3.63, 3.8) is 0 Å². The highest BCUT2D eigenvalue weighted by molar-refractivity contribution is 5.38. The molecule has 0 spiro atoms. The molecule has 2 aromatic rings. The molecule has 2 fully saturated rings. The van der Waals surface area contributed by atoms with Gasteiger partial charge in [0.2, 0.25) is 0 Å². The molecular weight excluding hydrogens is 488 g/mol. The van der Waals surface area contributed by atoms with Gasteiger partial charge in [0.25, 0.3) is 0 Å². The first-order chi connectivity index (χ1) is 19.6. The van der Waals surface area contributed by atoms with E-state index in [1.54, 1.807) is 40.5 Å². The minimum absolute atomic E-state index is 0.252. The van der Waals surface area contributed by atoms with Gasteiger partial charge in [-0.25, -0.2) is 0 Å². The molecule has 0 heterocycles. The van der Waals surface area contributed by atoms with E-state index in [9.17, 15) is 5.11 Å². The third kappa shape index (κ3) is 8.22. The van der Waals surface area contributed by atoms with E-state index in [2.05, 4.69) is 57.2 Å². The fraction of sp³-hybridized carbons (Fsp3) is 0.684. The van der Waals surface area contributed by atoms with Crippen LogP contribution in [0.1, 0.15) is 149 Å². The molecule has 0 amide bonds. The molecule has 2 aliphatic carbocycles. The molecular formula is C38H58O2. The van der Waals surface area contributed by atoms with Crippen molar-refractivity contribution in [2.24, 2.45) is 11.8 Å². The third-order valence-electron chi connectivity index (χ3n) is 10.5. The maximum Gasteiger partial charge on any atom is 0.0512 e. The van der Waals surface area contributed by atoms with Crippen LogP contribution in [0.3, 0.4) is 0 Å². The van der Waals surface area contributed by atoms with E-state index in [-0.39, 0.29) is 6.61 Å². The van der Waals surface area contributed by atoms with Gasteiger partial charge < -0.3 is 9.84 Å². The molecule has 0 radical (unpaired) electrons. The highest BCUT2D eigenvalue weighted by Crippen LogP contribution is 2.44. The van der Waals surface area contributed by atoms with Crippen molar-refractivity contribution < 1.29 is 9.84 Å². The molecule has 0 saturated heterocycles. The summed E-state index contributed by atoms with van der Waals surface area (Å²) in [6.45, 7) is 7.91. The number of aryl methyl sites for hydroxylation is 3. The van der Waals surface area contributed by atoms with Crippen LogP contribution in [0.25, 0.3) is 0 Å². The zero-order valence-corrected chi connectivity index (χ0v) is 26.2. The zero-order chi connectivity index (χ0) is 28.3. The van der Waals surface area contributed by atoms with Gasteiger partial charge >= 0.3 is 0 Å². The highest BCUT2D eigenvalue weighted by atomic mass is 16.5. The van der Waals surface area contributed by atoms with Crippen LogP contribution < -0.4 is 0 Å². The monoisotopic (exact) mass is 546 g/mol. The maximum atomic E-state index is 9.67. The summed E-state index contributed by atoms with van der Waals surface area (Å²) in [4.78, 5) is 0. The van der Waals surface area contributed by atoms with Crippen molar-refractivity contribution >= 4 is 0 Å². The molecule has 2 aliphatic rings. The minimum Gasteiger partial charge on any atom is -0.396 e. The van der Waals surface area contributed by atoms with Crippen LogP contribution in [0, 0.1) is 11.8 Å². The summed E-state index contributed by atoms with van der Waals surface area (Å²) >= 11 is 0. The Labute approximate surface area is 246 Å². The molecule has 0 aliphatic heterocycles. The van der Waals surface area contributed by atoms with Crippen LogP contribution in [-0.2, 0) is 24.0 Å². The van der Waals surface area contributed by atoms with E-state index in [0.717, 1.165) is 37.0 Å².